The van der Waals surface area contributed by atoms with Gasteiger partial charge in [-0.3, -0.25) is 0 Å². The van der Waals surface area contributed by atoms with Crippen LogP contribution in [0.4, 0.5) is 0 Å². The monoisotopic (exact) mass is 207 g/mol. The maximum atomic E-state index is 5.71. The highest BCUT2D eigenvalue weighted by Crippen LogP contribution is 2.23. The quantitative estimate of drug-likeness (QED) is 0.809. The van der Waals surface area contributed by atoms with Gasteiger partial charge < -0.3 is 10.5 Å². The number of ether oxygens (including phenoxy) is 1. The second-order valence-electron chi connectivity index (χ2n) is 4.07. The van der Waals surface area contributed by atoms with Crippen LogP contribution in [-0.4, -0.2) is 22.1 Å². The van der Waals surface area contributed by atoms with E-state index in [1.807, 2.05) is 13.0 Å². The highest BCUT2D eigenvalue weighted by molar-refractivity contribution is 5.16. The van der Waals surface area contributed by atoms with Crippen LogP contribution in [-0.2, 0) is 6.42 Å². The summed E-state index contributed by atoms with van der Waals surface area (Å²) in [5.74, 6) is 1.46. The molecule has 0 spiro atoms. The van der Waals surface area contributed by atoms with Crippen molar-refractivity contribution >= 4 is 0 Å². The maximum absolute atomic E-state index is 5.71. The Morgan fingerprint density at radius 3 is 2.80 bits per heavy atom. The fraction of sp³-hybridized carbons (Fsp3) is 0.636. The molecule has 15 heavy (non-hydrogen) atoms. The van der Waals surface area contributed by atoms with E-state index in [-0.39, 0.29) is 6.10 Å². The standard InChI is InChI=1S/C11H17N3O/c1-3-9-6-11(14-7(2)13-9)15-10-4-8(12)5-10/h6,8,10H,3-5,12H2,1-2H3. The molecule has 1 aromatic heterocycles. The van der Waals surface area contributed by atoms with Gasteiger partial charge in [0.25, 0.3) is 0 Å². The first kappa shape index (κ1) is 10.4. The Bertz CT molecular complexity index is 348. The molecule has 0 aliphatic heterocycles. The van der Waals surface area contributed by atoms with Crippen LogP contribution in [0.1, 0.15) is 31.3 Å². The van der Waals surface area contributed by atoms with Crippen molar-refractivity contribution in [3.05, 3.63) is 17.6 Å². The van der Waals surface area contributed by atoms with Gasteiger partial charge in [-0.2, -0.15) is 4.98 Å². The minimum atomic E-state index is 0.249. The molecule has 0 bridgehead atoms. The second-order valence-corrected chi connectivity index (χ2v) is 4.07. The molecule has 0 unspecified atom stereocenters. The van der Waals surface area contributed by atoms with Crippen LogP contribution >= 0.6 is 0 Å². The van der Waals surface area contributed by atoms with E-state index in [9.17, 15) is 0 Å². The van der Waals surface area contributed by atoms with Crippen LogP contribution < -0.4 is 10.5 Å². The zero-order valence-corrected chi connectivity index (χ0v) is 9.23. The number of hydrogen-bond donors (Lipinski definition) is 1. The van der Waals surface area contributed by atoms with E-state index in [0.29, 0.717) is 11.9 Å². The molecule has 2 rings (SSSR count). The summed E-state index contributed by atoms with van der Waals surface area (Å²) in [6.45, 7) is 3.96. The van der Waals surface area contributed by atoms with Crippen LogP contribution in [0.5, 0.6) is 5.88 Å². The minimum absolute atomic E-state index is 0.249. The third-order valence-electron chi connectivity index (χ3n) is 2.65. The number of hydrogen-bond acceptors (Lipinski definition) is 4. The lowest BCUT2D eigenvalue weighted by atomic mass is 9.90. The molecular formula is C11H17N3O. The van der Waals surface area contributed by atoms with Gasteiger partial charge in [0.1, 0.15) is 11.9 Å². The number of nitrogens with zero attached hydrogens (tertiary/aromatic N) is 2. The second kappa shape index (κ2) is 4.14. The minimum Gasteiger partial charge on any atom is -0.474 e. The Labute approximate surface area is 89.9 Å². The molecule has 1 aliphatic rings. The molecule has 1 saturated carbocycles. The Morgan fingerprint density at radius 1 is 1.47 bits per heavy atom. The summed E-state index contributed by atoms with van der Waals surface area (Å²) in [5, 5.41) is 0. The van der Waals surface area contributed by atoms with Crippen molar-refractivity contribution in [1.82, 2.24) is 9.97 Å². The van der Waals surface area contributed by atoms with Crippen molar-refractivity contribution in [2.75, 3.05) is 0 Å². The largest absolute Gasteiger partial charge is 0.474 e. The fourth-order valence-electron chi connectivity index (χ4n) is 1.71. The summed E-state index contributed by atoms with van der Waals surface area (Å²) < 4.78 is 5.71. The lowest BCUT2D eigenvalue weighted by Gasteiger charge is -2.32. The van der Waals surface area contributed by atoms with Crippen LogP contribution in [0.3, 0.4) is 0 Å². The van der Waals surface area contributed by atoms with Gasteiger partial charge in [0, 0.05) is 17.8 Å². The number of nitrogens with two attached hydrogens (primary N) is 1. The SMILES string of the molecule is CCc1cc(OC2CC(N)C2)nc(C)n1. The van der Waals surface area contributed by atoms with Crippen molar-refractivity contribution in [3.63, 3.8) is 0 Å². The zero-order valence-electron chi connectivity index (χ0n) is 9.23. The maximum Gasteiger partial charge on any atom is 0.217 e. The first-order chi connectivity index (χ1) is 7.17. The van der Waals surface area contributed by atoms with E-state index in [0.717, 1.165) is 30.8 Å². The Kier molecular flexibility index (Phi) is 2.86. The average Bonchev–Trinajstić information content (AvgIpc) is 2.14. The summed E-state index contributed by atoms with van der Waals surface area (Å²) in [5.41, 5.74) is 6.72. The molecule has 0 radical (unpaired) electrons. The smallest absolute Gasteiger partial charge is 0.217 e. The first-order valence-electron chi connectivity index (χ1n) is 5.44. The van der Waals surface area contributed by atoms with E-state index in [1.54, 1.807) is 0 Å². The number of aryl methyl sites for hydroxylation is 2. The lowest BCUT2D eigenvalue weighted by molar-refractivity contribution is 0.0953. The van der Waals surface area contributed by atoms with E-state index >= 15 is 0 Å². The van der Waals surface area contributed by atoms with Gasteiger partial charge in [0.15, 0.2) is 0 Å². The van der Waals surface area contributed by atoms with E-state index in [1.165, 1.54) is 0 Å². The van der Waals surface area contributed by atoms with Crippen molar-refractivity contribution in [3.8, 4) is 5.88 Å². The van der Waals surface area contributed by atoms with Crippen molar-refractivity contribution in [2.45, 2.75) is 45.3 Å². The third kappa shape index (κ3) is 2.45. The van der Waals surface area contributed by atoms with Gasteiger partial charge in [0.05, 0.1) is 0 Å². The first-order valence-corrected chi connectivity index (χ1v) is 5.44. The molecule has 1 heterocycles. The molecule has 0 aromatic carbocycles. The fourth-order valence-corrected chi connectivity index (χ4v) is 1.71. The van der Waals surface area contributed by atoms with Crippen LogP contribution in [0.15, 0.2) is 6.07 Å². The molecular weight excluding hydrogens is 190 g/mol. The molecule has 4 heteroatoms. The Balaban J connectivity index is 2.04. The summed E-state index contributed by atoms with van der Waals surface area (Å²) >= 11 is 0. The van der Waals surface area contributed by atoms with Crippen LogP contribution in [0.2, 0.25) is 0 Å². The van der Waals surface area contributed by atoms with Gasteiger partial charge in [0.2, 0.25) is 5.88 Å². The highest BCUT2D eigenvalue weighted by atomic mass is 16.5. The molecule has 4 nitrogen and oxygen atoms in total. The topological polar surface area (TPSA) is 61.0 Å². The van der Waals surface area contributed by atoms with Crippen molar-refractivity contribution in [1.29, 1.82) is 0 Å². The summed E-state index contributed by atoms with van der Waals surface area (Å²) in [7, 11) is 0. The molecule has 1 fully saturated rings. The van der Waals surface area contributed by atoms with E-state index in [2.05, 4.69) is 16.9 Å². The molecule has 0 amide bonds. The van der Waals surface area contributed by atoms with Gasteiger partial charge in [-0.25, -0.2) is 4.98 Å². The average molecular weight is 207 g/mol. The van der Waals surface area contributed by atoms with Crippen LogP contribution in [0, 0.1) is 6.92 Å². The Hall–Kier alpha value is -1.16. The lowest BCUT2D eigenvalue weighted by Crippen LogP contribution is -2.43. The van der Waals surface area contributed by atoms with E-state index < -0.39 is 0 Å². The van der Waals surface area contributed by atoms with Crippen molar-refractivity contribution < 1.29 is 4.74 Å². The zero-order chi connectivity index (χ0) is 10.8. The number of aromatic nitrogens is 2. The Morgan fingerprint density at radius 2 is 2.20 bits per heavy atom. The van der Waals surface area contributed by atoms with Gasteiger partial charge in [-0.1, -0.05) is 6.92 Å². The molecule has 1 aliphatic carbocycles. The predicted molar refractivity (Wildman–Crippen MR) is 57.8 cm³/mol. The number of rotatable bonds is 3. The van der Waals surface area contributed by atoms with E-state index in [4.69, 9.17) is 10.5 Å². The third-order valence-corrected chi connectivity index (χ3v) is 2.65. The summed E-state index contributed by atoms with van der Waals surface area (Å²) in [6.07, 6.45) is 3.03. The van der Waals surface area contributed by atoms with Crippen molar-refractivity contribution in [2.24, 2.45) is 5.73 Å². The molecule has 0 atom stereocenters. The summed E-state index contributed by atoms with van der Waals surface area (Å²) in [6, 6.07) is 2.22. The van der Waals surface area contributed by atoms with Gasteiger partial charge in [-0.15, -0.1) is 0 Å². The van der Waals surface area contributed by atoms with Crippen LogP contribution in [0.25, 0.3) is 0 Å². The molecule has 82 valence electrons. The predicted octanol–water partition coefficient (Wildman–Crippen LogP) is 1.22. The summed E-state index contributed by atoms with van der Waals surface area (Å²) in [4.78, 5) is 8.56. The molecule has 0 saturated heterocycles. The normalized spacial score (nSPS) is 24.7. The molecule has 2 N–H and O–H groups in total. The highest BCUT2D eigenvalue weighted by Gasteiger charge is 2.28. The molecule has 1 aromatic rings. The van der Waals surface area contributed by atoms with Gasteiger partial charge in [-0.05, 0) is 26.2 Å². The van der Waals surface area contributed by atoms with Gasteiger partial charge >= 0.3 is 0 Å².